The lowest BCUT2D eigenvalue weighted by Crippen LogP contribution is -2.08. The summed E-state index contributed by atoms with van der Waals surface area (Å²) in [4.78, 5) is 34.9. The van der Waals surface area contributed by atoms with E-state index in [1.165, 1.54) is 34.0 Å². The highest BCUT2D eigenvalue weighted by molar-refractivity contribution is 8.00. The maximum absolute atomic E-state index is 11.7. The Labute approximate surface area is 164 Å². The van der Waals surface area contributed by atoms with Crippen molar-refractivity contribution in [2.45, 2.75) is 43.3 Å². The minimum absolute atomic E-state index is 0.173. The van der Waals surface area contributed by atoms with Crippen molar-refractivity contribution in [2.24, 2.45) is 0 Å². The van der Waals surface area contributed by atoms with Crippen LogP contribution in [0.2, 0.25) is 0 Å². The topological polar surface area (TPSA) is 78.4 Å². The fourth-order valence-electron chi connectivity index (χ4n) is 2.77. The molecule has 0 atom stereocenters. The zero-order chi connectivity index (χ0) is 18.5. The third-order valence-electron chi connectivity index (χ3n) is 3.77. The Hall–Kier alpha value is -1.32. The maximum atomic E-state index is 11.7. The van der Waals surface area contributed by atoms with E-state index in [2.05, 4.69) is 9.97 Å². The van der Waals surface area contributed by atoms with Gasteiger partial charge in [0.25, 0.3) is 0 Å². The molecule has 0 unspecified atom stereocenters. The second kappa shape index (κ2) is 9.05. The number of nitrogens with zero attached hydrogens (tertiary/aromatic N) is 2. The molecule has 0 fully saturated rings. The number of thiophene rings is 1. The summed E-state index contributed by atoms with van der Waals surface area (Å²) in [6.07, 6.45) is 3.25. The molecule has 1 aliphatic carbocycles. The van der Waals surface area contributed by atoms with Gasteiger partial charge in [-0.3, -0.25) is 9.59 Å². The molecule has 0 aromatic carbocycles. The molecule has 3 rings (SSSR count). The van der Waals surface area contributed by atoms with Gasteiger partial charge in [-0.05, 0) is 38.7 Å². The highest BCUT2D eigenvalue weighted by Crippen LogP contribution is 2.41. The molecule has 0 spiro atoms. The van der Waals surface area contributed by atoms with Gasteiger partial charge >= 0.3 is 11.9 Å². The highest BCUT2D eigenvalue weighted by Gasteiger charge is 2.23. The molecule has 26 heavy (non-hydrogen) atoms. The number of hydrogen-bond acceptors (Lipinski definition) is 9. The van der Waals surface area contributed by atoms with E-state index in [4.69, 9.17) is 9.47 Å². The molecule has 0 radical (unpaired) electrons. The van der Waals surface area contributed by atoms with E-state index in [1.807, 2.05) is 0 Å². The number of fused-ring (bicyclic) bond motifs is 3. The Kier molecular flexibility index (Phi) is 6.77. The molecular weight excluding hydrogens is 392 g/mol. The summed E-state index contributed by atoms with van der Waals surface area (Å²) < 4.78 is 9.98. The monoisotopic (exact) mass is 412 g/mol. The number of aromatic nitrogens is 2. The van der Waals surface area contributed by atoms with Crippen LogP contribution in [0.3, 0.4) is 0 Å². The van der Waals surface area contributed by atoms with Gasteiger partial charge in [-0.1, -0.05) is 23.5 Å². The number of ether oxygens (including phenoxy) is 2. The average molecular weight is 413 g/mol. The number of carbonyl (C=O) groups excluding carboxylic acids is 2. The number of carbonyl (C=O) groups is 2. The van der Waals surface area contributed by atoms with Crippen LogP contribution < -0.4 is 0 Å². The lowest BCUT2D eigenvalue weighted by Gasteiger charge is -2.07. The van der Waals surface area contributed by atoms with Crippen molar-refractivity contribution in [3.05, 3.63) is 10.4 Å². The molecule has 2 aromatic heterocycles. The Bertz CT molecular complexity index is 822. The van der Waals surface area contributed by atoms with Crippen molar-refractivity contribution in [1.29, 1.82) is 0 Å². The molecule has 0 bridgehead atoms. The second-order valence-electron chi connectivity index (χ2n) is 5.54. The molecule has 9 heteroatoms. The van der Waals surface area contributed by atoms with Gasteiger partial charge in [-0.25, -0.2) is 9.97 Å². The fourth-order valence-corrected chi connectivity index (χ4v) is 5.71. The lowest BCUT2D eigenvalue weighted by molar-refractivity contribution is -0.140. The summed E-state index contributed by atoms with van der Waals surface area (Å²) in [5, 5.41) is 2.41. The van der Waals surface area contributed by atoms with Gasteiger partial charge in [0.15, 0.2) is 5.16 Å². The molecule has 1 aliphatic rings. The highest BCUT2D eigenvalue weighted by atomic mass is 32.2. The number of esters is 2. The zero-order valence-electron chi connectivity index (χ0n) is 14.7. The first-order chi connectivity index (χ1) is 12.6. The lowest BCUT2D eigenvalue weighted by atomic mass is 10.2. The summed E-state index contributed by atoms with van der Waals surface area (Å²) in [5.74, 6) is -0.147. The van der Waals surface area contributed by atoms with Gasteiger partial charge in [0, 0.05) is 10.3 Å². The Balaban J connectivity index is 1.85. The van der Waals surface area contributed by atoms with Crippen LogP contribution in [-0.4, -0.2) is 46.6 Å². The molecule has 0 saturated heterocycles. The minimum Gasteiger partial charge on any atom is -0.465 e. The van der Waals surface area contributed by atoms with E-state index in [0.717, 1.165) is 34.5 Å². The fraction of sp³-hybridized carbons (Fsp3) is 0.529. The van der Waals surface area contributed by atoms with Gasteiger partial charge in [0.05, 0.1) is 24.7 Å². The normalized spacial score (nSPS) is 13.0. The smallest absolute Gasteiger partial charge is 0.316 e. The molecule has 0 aliphatic heterocycles. The number of hydrogen-bond donors (Lipinski definition) is 0. The Morgan fingerprint density at radius 3 is 2.42 bits per heavy atom. The molecule has 2 aromatic rings. The van der Waals surface area contributed by atoms with E-state index in [9.17, 15) is 9.59 Å². The van der Waals surface area contributed by atoms with E-state index in [1.54, 1.807) is 25.2 Å². The third-order valence-corrected chi connectivity index (χ3v) is 6.72. The summed E-state index contributed by atoms with van der Waals surface area (Å²) in [6.45, 7) is 4.30. The van der Waals surface area contributed by atoms with E-state index < -0.39 is 0 Å². The van der Waals surface area contributed by atoms with Crippen LogP contribution in [0.1, 0.15) is 30.7 Å². The third kappa shape index (κ3) is 4.50. The van der Waals surface area contributed by atoms with Gasteiger partial charge in [0.1, 0.15) is 9.86 Å². The van der Waals surface area contributed by atoms with Crippen molar-refractivity contribution >= 4 is 57.0 Å². The van der Waals surface area contributed by atoms with E-state index >= 15 is 0 Å². The van der Waals surface area contributed by atoms with E-state index in [0.29, 0.717) is 18.4 Å². The standard InChI is InChI=1S/C17H20N2O4S3/c1-3-22-12(20)8-24-15-14-10-6-5-7-11(10)26-16(14)19-17(18-15)25-9-13(21)23-4-2/h3-9H2,1-2H3. The quantitative estimate of drug-likeness (QED) is 0.282. The molecule has 6 nitrogen and oxygen atoms in total. The van der Waals surface area contributed by atoms with Crippen LogP contribution in [-0.2, 0) is 31.9 Å². The summed E-state index contributed by atoms with van der Waals surface area (Å²) in [5.41, 5.74) is 1.32. The first kappa shape index (κ1) is 19.4. The van der Waals surface area contributed by atoms with Crippen LogP contribution in [0.25, 0.3) is 10.2 Å². The molecule has 0 amide bonds. The van der Waals surface area contributed by atoms with Crippen molar-refractivity contribution in [3.8, 4) is 0 Å². The van der Waals surface area contributed by atoms with Gasteiger partial charge in [-0.2, -0.15) is 0 Å². The molecule has 140 valence electrons. The predicted molar refractivity (Wildman–Crippen MR) is 104 cm³/mol. The minimum atomic E-state index is -0.282. The zero-order valence-corrected chi connectivity index (χ0v) is 17.2. The van der Waals surface area contributed by atoms with Gasteiger partial charge < -0.3 is 9.47 Å². The number of rotatable bonds is 8. The van der Waals surface area contributed by atoms with Crippen molar-refractivity contribution in [2.75, 3.05) is 24.7 Å². The van der Waals surface area contributed by atoms with Crippen molar-refractivity contribution < 1.29 is 19.1 Å². The number of aryl methyl sites for hydroxylation is 2. The van der Waals surface area contributed by atoms with Crippen molar-refractivity contribution in [1.82, 2.24) is 9.97 Å². The van der Waals surface area contributed by atoms with Crippen LogP contribution >= 0.6 is 34.9 Å². The summed E-state index contributed by atoms with van der Waals surface area (Å²) in [7, 11) is 0. The first-order valence-electron chi connectivity index (χ1n) is 8.51. The second-order valence-corrected chi connectivity index (χ2v) is 8.53. The summed E-state index contributed by atoms with van der Waals surface area (Å²) in [6, 6.07) is 0. The van der Waals surface area contributed by atoms with Crippen molar-refractivity contribution in [3.63, 3.8) is 0 Å². The molecule has 0 saturated carbocycles. The number of thioether (sulfide) groups is 2. The van der Waals surface area contributed by atoms with Crippen LogP contribution in [0.5, 0.6) is 0 Å². The van der Waals surface area contributed by atoms with Crippen LogP contribution in [0.4, 0.5) is 0 Å². The van der Waals surface area contributed by atoms with Gasteiger partial charge in [0.2, 0.25) is 0 Å². The average Bonchev–Trinajstić information content (AvgIpc) is 3.19. The maximum Gasteiger partial charge on any atom is 0.316 e. The SMILES string of the molecule is CCOC(=O)CSc1nc(SCC(=O)OCC)c2c3c(sc2n1)CCC3. The largest absolute Gasteiger partial charge is 0.465 e. The predicted octanol–water partition coefficient (Wildman–Crippen LogP) is 3.49. The van der Waals surface area contributed by atoms with Crippen LogP contribution in [0, 0.1) is 0 Å². The molecular formula is C17H20N2O4S3. The van der Waals surface area contributed by atoms with E-state index in [-0.39, 0.29) is 23.4 Å². The Morgan fingerprint density at radius 1 is 1.04 bits per heavy atom. The van der Waals surface area contributed by atoms with Gasteiger partial charge in [-0.15, -0.1) is 11.3 Å². The molecule has 0 N–H and O–H groups in total. The van der Waals surface area contributed by atoms with Crippen LogP contribution in [0.15, 0.2) is 10.2 Å². The Morgan fingerprint density at radius 2 is 1.73 bits per heavy atom. The molecule has 2 heterocycles. The first-order valence-corrected chi connectivity index (χ1v) is 11.3. The summed E-state index contributed by atoms with van der Waals surface area (Å²) >= 11 is 4.34.